The Bertz CT molecular complexity index is 896. The molecule has 1 aromatic carbocycles. The molecule has 0 spiro atoms. The molecule has 1 fully saturated rings. The number of rotatable bonds is 4. The lowest BCUT2D eigenvalue weighted by Crippen LogP contribution is -2.25. The molecule has 1 amide bonds. The summed E-state index contributed by atoms with van der Waals surface area (Å²) in [6, 6.07) is 7.80. The van der Waals surface area contributed by atoms with E-state index >= 15 is 0 Å². The molecule has 6 nitrogen and oxygen atoms in total. The first-order valence-electron chi connectivity index (χ1n) is 8.55. The van der Waals surface area contributed by atoms with Crippen LogP contribution >= 0.6 is 11.3 Å². The van der Waals surface area contributed by atoms with E-state index in [0.717, 1.165) is 47.7 Å². The van der Waals surface area contributed by atoms with Crippen molar-refractivity contribution in [1.82, 2.24) is 14.6 Å². The monoisotopic (exact) mass is 356 g/mol. The predicted octanol–water partition coefficient (Wildman–Crippen LogP) is 3.99. The molecule has 7 heteroatoms. The molecule has 0 atom stereocenters. The lowest BCUT2D eigenvalue weighted by Gasteiger charge is -2.19. The number of ether oxygens (including phenoxy) is 1. The Morgan fingerprint density at radius 3 is 2.88 bits per heavy atom. The molecule has 1 saturated carbocycles. The number of hydrogen-bond donors (Lipinski definition) is 1. The minimum atomic E-state index is 0.0387. The second-order valence-electron chi connectivity index (χ2n) is 6.28. The van der Waals surface area contributed by atoms with Gasteiger partial charge in [0.1, 0.15) is 5.75 Å². The summed E-state index contributed by atoms with van der Waals surface area (Å²) >= 11 is 1.49. The van der Waals surface area contributed by atoms with E-state index in [1.165, 1.54) is 17.8 Å². The molecule has 25 heavy (non-hydrogen) atoms. The molecular weight excluding hydrogens is 336 g/mol. The molecule has 3 aromatic rings. The van der Waals surface area contributed by atoms with Crippen molar-refractivity contribution in [2.75, 3.05) is 12.4 Å². The molecular formula is C18H20N4O2S. The first-order valence-corrected chi connectivity index (χ1v) is 9.43. The summed E-state index contributed by atoms with van der Waals surface area (Å²) in [4.78, 5) is 17.6. The molecule has 1 N–H and O–H groups in total. The van der Waals surface area contributed by atoms with Crippen LogP contribution in [0.1, 0.15) is 32.1 Å². The van der Waals surface area contributed by atoms with E-state index in [9.17, 15) is 4.79 Å². The molecule has 1 aliphatic rings. The van der Waals surface area contributed by atoms with E-state index < -0.39 is 0 Å². The van der Waals surface area contributed by atoms with Crippen molar-refractivity contribution < 1.29 is 9.53 Å². The van der Waals surface area contributed by atoms with Crippen molar-refractivity contribution in [1.29, 1.82) is 0 Å². The topological polar surface area (TPSA) is 68.5 Å². The van der Waals surface area contributed by atoms with E-state index in [1.807, 2.05) is 29.6 Å². The van der Waals surface area contributed by atoms with Crippen LogP contribution in [0.5, 0.6) is 5.75 Å². The van der Waals surface area contributed by atoms with Gasteiger partial charge in [0, 0.05) is 16.9 Å². The Morgan fingerprint density at radius 2 is 2.08 bits per heavy atom. The molecule has 4 rings (SSSR count). The number of benzene rings is 1. The van der Waals surface area contributed by atoms with Gasteiger partial charge in [-0.25, -0.2) is 4.52 Å². The van der Waals surface area contributed by atoms with Gasteiger partial charge >= 0.3 is 0 Å². The number of para-hydroxylation sites is 1. The van der Waals surface area contributed by atoms with Gasteiger partial charge in [-0.1, -0.05) is 31.4 Å². The number of thiazole rings is 1. The molecule has 0 saturated heterocycles. The maximum atomic E-state index is 12.4. The largest absolute Gasteiger partial charge is 0.496 e. The fraction of sp³-hybridized carbons (Fsp3) is 0.389. The van der Waals surface area contributed by atoms with Crippen LogP contribution in [-0.4, -0.2) is 27.6 Å². The van der Waals surface area contributed by atoms with Crippen LogP contribution in [0.2, 0.25) is 0 Å². The standard InChI is InChI=1S/C18H20N4O2S/c1-24-15-10-6-5-9-13(15)14-11-25-18-20-17(21-22(14)18)19-16(23)12-7-3-2-4-8-12/h5-6,9-12H,2-4,7-8H2,1H3,(H,19,21,23). The number of aromatic nitrogens is 3. The van der Waals surface area contributed by atoms with E-state index in [4.69, 9.17) is 4.74 Å². The number of hydrogen-bond acceptors (Lipinski definition) is 5. The maximum Gasteiger partial charge on any atom is 0.250 e. The lowest BCUT2D eigenvalue weighted by atomic mass is 9.89. The van der Waals surface area contributed by atoms with Crippen LogP contribution in [0.15, 0.2) is 29.6 Å². The van der Waals surface area contributed by atoms with Crippen molar-refractivity contribution in [3.8, 4) is 17.0 Å². The summed E-state index contributed by atoms with van der Waals surface area (Å²) in [5, 5.41) is 9.38. The second kappa shape index (κ2) is 6.84. The molecule has 0 bridgehead atoms. The van der Waals surface area contributed by atoms with Gasteiger partial charge in [-0.15, -0.1) is 16.4 Å². The fourth-order valence-electron chi connectivity index (χ4n) is 3.35. The summed E-state index contributed by atoms with van der Waals surface area (Å²) < 4.78 is 7.21. The Labute approximate surface area is 149 Å². The van der Waals surface area contributed by atoms with E-state index in [2.05, 4.69) is 15.4 Å². The zero-order valence-corrected chi connectivity index (χ0v) is 14.9. The Morgan fingerprint density at radius 1 is 1.28 bits per heavy atom. The lowest BCUT2D eigenvalue weighted by molar-refractivity contribution is -0.120. The van der Waals surface area contributed by atoms with Crippen LogP contribution in [0, 0.1) is 5.92 Å². The van der Waals surface area contributed by atoms with Crippen molar-refractivity contribution in [3.63, 3.8) is 0 Å². The number of methoxy groups -OCH3 is 1. The molecule has 2 aromatic heterocycles. The molecule has 0 unspecified atom stereocenters. The number of fused-ring (bicyclic) bond motifs is 1. The molecule has 0 aliphatic heterocycles. The van der Waals surface area contributed by atoms with E-state index in [1.54, 1.807) is 11.6 Å². The number of amides is 1. The minimum Gasteiger partial charge on any atom is -0.496 e. The summed E-state index contributed by atoms with van der Waals surface area (Å²) in [5.41, 5.74) is 1.86. The van der Waals surface area contributed by atoms with Gasteiger partial charge in [0.15, 0.2) is 0 Å². The number of anilines is 1. The summed E-state index contributed by atoms with van der Waals surface area (Å²) in [7, 11) is 1.65. The third-order valence-electron chi connectivity index (χ3n) is 4.68. The predicted molar refractivity (Wildman–Crippen MR) is 98.1 cm³/mol. The zero-order chi connectivity index (χ0) is 17.2. The highest BCUT2D eigenvalue weighted by Gasteiger charge is 2.23. The number of nitrogens with zero attached hydrogens (tertiary/aromatic N) is 3. The highest BCUT2D eigenvalue weighted by Crippen LogP contribution is 2.32. The van der Waals surface area contributed by atoms with Gasteiger partial charge in [0.05, 0.1) is 12.8 Å². The minimum absolute atomic E-state index is 0.0387. The van der Waals surface area contributed by atoms with Crippen LogP contribution in [0.25, 0.3) is 16.2 Å². The second-order valence-corrected chi connectivity index (χ2v) is 7.11. The average Bonchev–Trinajstić information content (AvgIpc) is 3.22. The van der Waals surface area contributed by atoms with Gasteiger partial charge in [-0.05, 0) is 25.0 Å². The van der Waals surface area contributed by atoms with Gasteiger partial charge in [0.2, 0.25) is 16.8 Å². The highest BCUT2D eigenvalue weighted by atomic mass is 32.1. The maximum absolute atomic E-state index is 12.4. The van der Waals surface area contributed by atoms with Crippen LogP contribution in [0.4, 0.5) is 5.95 Å². The van der Waals surface area contributed by atoms with Crippen molar-refractivity contribution in [2.45, 2.75) is 32.1 Å². The Hall–Kier alpha value is -2.41. The number of carbonyl (C=O) groups is 1. The number of nitrogens with one attached hydrogen (secondary N) is 1. The first kappa shape index (κ1) is 16.1. The number of carbonyl (C=O) groups excluding carboxylic acids is 1. The molecule has 130 valence electrons. The van der Waals surface area contributed by atoms with Crippen molar-refractivity contribution in [3.05, 3.63) is 29.6 Å². The van der Waals surface area contributed by atoms with Gasteiger partial charge in [-0.3, -0.25) is 10.1 Å². The quantitative estimate of drug-likeness (QED) is 0.767. The Kier molecular flexibility index (Phi) is 4.40. The molecule has 0 radical (unpaired) electrons. The summed E-state index contributed by atoms with van der Waals surface area (Å²) in [6.07, 6.45) is 5.40. The summed E-state index contributed by atoms with van der Waals surface area (Å²) in [6.45, 7) is 0. The normalized spacial score (nSPS) is 15.4. The van der Waals surface area contributed by atoms with E-state index in [-0.39, 0.29) is 11.8 Å². The smallest absolute Gasteiger partial charge is 0.250 e. The van der Waals surface area contributed by atoms with Gasteiger partial charge < -0.3 is 4.74 Å². The third kappa shape index (κ3) is 3.11. The van der Waals surface area contributed by atoms with Gasteiger partial charge in [-0.2, -0.15) is 4.98 Å². The third-order valence-corrected chi connectivity index (χ3v) is 5.49. The van der Waals surface area contributed by atoms with Crippen LogP contribution < -0.4 is 10.1 Å². The Balaban J connectivity index is 1.61. The van der Waals surface area contributed by atoms with Crippen LogP contribution in [-0.2, 0) is 4.79 Å². The molecule has 1 aliphatic carbocycles. The first-order chi connectivity index (χ1) is 12.3. The van der Waals surface area contributed by atoms with E-state index in [0.29, 0.717) is 5.95 Å². The van der Waals surface area contributed by atoms with Gasteiger partial charge in [0.25, 0.3) is 0 Å². The van der Waals surface area contributed by atoms with Crippen LogP contribution in [0.3, 0.4) is 0 Å². The fourth-order valence-corrected chi connectivity index (χ4v) is 4.18. The molecule has 2 heterocycles. The average molecular weight is 356 g/mol. The summed E-state index contributed by atoms with van der Waals surface area (Å²) in [5.74, 6) is 1.28. The van der Waals surface area contributed by atoms with Crippen molar-refractivity contribution in [2.24, 2.45) is 5.92 Å². The SMILES string of the molecule is COc1ccccc1-c1csc2nc(NC(=O)C3CCCCC3)nn12. The zero-order valence-electron chi connectivity index (χ0n) is 14.1. The highest BCUT2D eigenvalue weighted by molar-refractivity contribution is 7.15. The van der Waals surface area contributed by atoms with Crippen molar-refractivity contribution >= 4 is 28.2 Å².